The third-order valence-electron chi connectivity index (χ3n) is 12.6. The standard InChI is InChI=1S/C50H56N2OSi2/c1-49(2,3)54(41-19-11-7-12-20-41,42-21-13-8-14-22-42)47(39-31-33-45(51-35-39)37-27-28-37)53-48(40-32-34-46(52-36-40)38-29-30-38)55(50(4,5)6,43-23-15-9-16-24-43)44-25-17-10-18-26-44/h7-26,31-38,47-48H,27-30H2,1-6H3. The quantitative estimate of drug-likeness (QED) is 0.117. The maximum atomic E-state index is 8.50. The zero-order chi connectivity index (χ0) is 38.3. The van der Waals surface area contributed by atoms with Crippen molar-refractivity contribution in [2.45, 2.75) is 101 Å². The Morgan fingerprint density at radius 1 is 0.436 bits per heavy atom. The molecule has 0 aliphatic heterocycles. The molecule has 8 rings (SSSR count). The molecule has 2 aliphatic rings. The van der Waals surface area contributed by atoms with Crippen molar-refractivity contribution in [3.05, 3.63) is 181 Å². The van der Waals surface area contributed by atoms with Crippen LogP contribution in [0.5, 0.6) is 0 Å². The van der Waals surface area contributed by atoms with E-state index in [1.165, 1.54) is 57.8 Å². The molecular formula is C50H56N2OSi2. The van der Waals surface area contributed by atoms with Gasteiger partial charge in [0.05, 0.1) is 11.5 Å². The number of hydrogen-bond donors (Lipinski definition) is 0. The van der Waals surface area contributed by atoms with Crippen LogP contribution in [-0.2, 0) is 4.74 Å². The Kier molecular flexibility index (Phi) is 10.2. The molecule has 0 amide bonds. The molecule has 55 heavy (non-hydrogen) atoms. The highest BCUT2D eigenvalue weighted by Crippen LogP contribution is 2.52. The lowest BCUT2D eigenvalue weighted by molar-refractivity contribution is 0.0644. The largest absolute Gasteiger partial charge is 0.371 e. The summed E-state index contributed by atoms with van der Waals surface area (Å²) >= 11 is 0. The molecule has 0 bridgehead atoms. The van der Waals surface area contributed by atoms with Crippen molar-refractivity contribution in [1.29, 1.82) is 0 Å². The Balaban J connectivity index is 1.47. The first-order chi connectivity index (χ1) is 26.5. The Morgan fingerprint density at radius 2 is 0.727 bits per heavy atom. The average Bonchev–Trinajstić information content (AvgIpc) is 4.13. The summed E-state index contributed by atoms with van der Waals surface area (Å²) in [4.78, 5) is 10.5. The number of hydrogen-bond acceptors (Lipinski definition) is 3. The third kappa shape index (κ3) is 6.89. The SMILES string of the molecule is CC(C)(C)[Si](c1ccccc1)(c1ccccc1)C(OC(c1ccc(C2CC2)nc1)[Si](c1ccccc1)(c1ccccc1)C(C)(C)C)c1ccc(C2CC2)nc1. The maximum absolute atomic E-state index is 8.50. The molecule has 2 atom stereocenters. The first-order valence-corrected chi connectivity index (χ1v) is 24.5. The Bertz CT molecular complexity index is 1920. The summed E-state index contributed by atoms with van der Waals surface area (Å²) in [6, 6.07) is 54.6. The van der Waals surface area contributed by atoms with Crippen LogP contribution in [0.25, 0.3) is 0 Å². The van der Waals surface area contributed by atoms with Crippen molar-refractivity contribution in [3.8, 4) is 0 Å². The molecule has 0 saturated heterocycles. The van der Waals surface area contributed by atoms with Crippen molar-refractivity contribution < 1.29 is 4.74 Å². The number of aromatic nitrogens is 2. The highest BCUT2D eigenvalue weighted by molar-refractivity contribution is 7.06. The molecule has 0 spiro atoms. The van der Waals surface area contributed by atoms with Crippen LogP contribution in [0, 0.1) is 0 Å². The van der Waals surface area contributed by atoms with Crippen LogP contribution >= 0.6 is 0 Å². The van der Waals surface area contributed by atoms with Gasteiger partial charge in [-0.15, -0.1) is 0 Å². The fourth-order valence-electron chi connectivity index (χ4n) is 9.64. The lowest BCUT2D eigenvalue weighted by atomic mass is 10.2. The summed E-state index contributed by atoms with van der Waals surface area (Å²) in [6.07, 6.45) is 9.24. The summed E-state index contributed by atoms with van der Waals surface area (Å²) in [6.45, 7) is 14.7. The molecular weight excluding hydrogens is 701 g/mol. The number of rotatable bonds is 12. The smallest absolute Gasteiger partial charge is 0.159 e. The van der Waals surface area contributed by atoms with Crippen molar-refractivity contribution in [2.75, 3.05) is 0 Å². The van der Waals surface area contributed by atoms with Crippen LogP contribution in [0.2, 0.25) is 10.1 Å². The Hall–Kier alpha value is -4.43. The molecule has 4 aromatic carbocycles. The average molecular weight is 757 g/mol. The highest BCUT2D eigenvalue weighted by atomic mass is 28.3. The predicted octanol–water partition coefficient (Wildman–Crippen LogP) is 10.2. The number of benzene rings is 4. The summed E-state index contributed by atoms with van der Waals surface area (Å²) in [7, 11) is -5.93. The van der Waals surface area contributed by atoms with Crippen molar-refractivity contribution in [3.63, 3.8) is 0 Å². The second kappa shape index (κ2) is 14.9. The molecule has 2 saturated carbocycles. The van der Waals surface area contributed by atoms with E-state index in [0.717, 1.165) is 11.1 Å². The summed E-state index contributed by atoms with van der Waals surface area (Å²) in [5, 5.41) is 5.14. The van der Waals surface area contributed by atoms with E-state index in [-0.39, 0.29) is 21.5 Å². The van der Waals surface area contributed by atoms with Gasteiger partial charge in [0.2, 0.25) is 0 Å². The fourth-order valence-corrected chi connectivity index (χ4v) is 21.6. The number of nitrogens with zero attached hydrogens (tertiary/aromatic N) is 2. The molecule has 280 valence electrons. The van der Waals surface area contributed by atoms with E-state index in [4.69, 9.17) is 14.7 Å². The molecule has 2 heterocycles. The Morgan fingerprint density at radius 3 is 0.945 bits per heavy atom. The monoisotopic (exact) mass is 756 g/mol. The summed E-state index contributed by atoms with van der Waals surface area (Å²) in [5.41, 5.74) is 4.15. The normalized spacial score (nSPS) is 16.4. The lowest BCUT2D eigenvalue weighted by Crippen LogP contribution is -2.72. The maximum Gasteiger partial charge on any atom is 0.159 e. The molecule has 0 N–H and O–H groups in total. The molecule has 2 aromatic heterocycles. The van der Waals surface area contributed by atoms with E-state index in [0.29, 0.717) is 11.8 Å². The van der Waals surface area contributed by atoms with Gasteiger partial charge in [-0.25, -0.2) is 0 Å². The summed E-state index contributed by atoms with van der Waals surface area (Å²) < 4.78 is 8.50. The van der Waals surface area contributed by atoms with Gasteiger partial charge >= 0.3 is 0 Å². The minimum atomic E-state index is -2.96. The summed E-state index contributed by atoms with van der Waals surface area (Å²) in [5.74, 6) is 1.14. The van der Waals surface area contributed by atoms with Gasteiger partial charge in [-0.3, -0.25) is 9.97 Å². The zero-order valence-electron chi connectivity index (χ0n) is 33.5. The van der Waals surface area contributed by atoms with Crippen molar-refractivity contribution in [2.24, 2.45) is 0 Å². The van der Waals surface area contributed by atoms with Crippen LogP contribution in [-0.4, -0.2) is 26.1 Å². The fraction of sp³-hybridized carbons (Fsp3) is 0.320. The second-order valence-corrected chi connectivity index (χ2v) is 27.6. The molecule has 2 aliphatic carbocycles. The van der Waals surface area contributed by atoms with Gasteiger partial charge in [-0.05, 0) is 59.0 Å². The topological polar surface area (TPSA) is 35.0 Å². The molecule has 2 unspecified atom stereocenters. The van der Waals surface area contributed by atoms with E-state index in [1.54, 1.807) is 0 Å². The van der Waals surface area contributed by atoms with Crippen LogP contribution in [0.3, 0.4) is 0 Å². The highest BCUT2D eigenvalue weighted by Gasteiger charge is 2.60. The van der Waals surface area contributed by atoms with E-state index in [1.807, 2.05) is 0 Å². The molecule has 6 aromatic rings. The van der Waals surface area contributed by atoms with E-state index < -0.39 is 16.1 Å². The lowest BCUT2D eigenvalue weighted by Gasteiger charge is -2.54. The minimum absolute atomic E-state index is 0.167. The van der Waals surface area contributed by atoms with Gasteiger partial charge in [0.1, 0.15) is 0 Å². The van der Waals surface area contributed by atoms with Gasteiger partial charge in [-0.2, -0.15) is 0 Å². The van der Waals surface area contributed by atoms with Crippen LogP contribution in [0.4, 0.5) is 0 Å². The van der Waals surface area contributed by atoms with Gasteiger partial charge in [0, 0.05) is 35.6 Å². The van der Waals surface area contributed by atoms with Crippen LogP contribution < -0.4 is 20.7 Å². The minimum Gasteiger partial charge on any atom is -0.371 e. The zero-order valence-corrected chi connectivity index (χ0v) is 35.5. The van der Waals surface area contributed by atoms with Gasteiger partial charge in [-0.1, -0.05) is 196 Å². The van der Waals surface area contributed by atoms with Gasteiger partial charge in [0.25, 0.3) is 0 Å². The molecule has 5 heteroatoms. The predicted molar refractivity (Wildman–Crippen MR) is 234 cm³/mol. The van der Waals surface area contributed by atoms with Gasteiger partial charge < -0.3 is 4.74 Å². The third-order valence-corrected chi connectivity index (χ3v) is 24.8. The second-order valence-electron chi connectivity index (χ2n) is 18.1. The van der Waals surface area contributed by atoms with Crippen molar-refractivity contribution >= 4 is 36.9 Å². The van der Waals surface area contributed by atoms with Crippen molar-refractivity contribution in [1.82, 2.24) is 9.97 Å². The number of ether oxygens (including phenoxy) is 1. The molecule has 0 radical (unpaired) electrons. The van der Waals surface area contributed by atoms with E-state index in [9.17, 15) is 0 Å². The van der Waals surface area contributed by atoms with E-state index >= 15 is 0 Å². The van der Waals surface area contributed by atoms with Crippen LogP contribution in [0.1, 0.15) is 113 Å². The van der Waals surface area contributed by atoms with Crippen LogP contribution in [0.15, 0.2) is 158 Å². The number of pyridine rings is 2. The van der Waals surface area contributed by atoms with Gasteiger partial charge in [0.15, 0.2) is 16.1 Å². The first kappa shape index (κ1) is 37.5. The Labute approximate surface area is 331 Å². The first-order valence-electron chi connectivity index (χ1n) is 20.3. The van der Waals surface area contributed by atoms with E-state index in [2.05, 4.69) is 200 Å². The molecule has 2 fully saturated rings. The molecule has 3 nitrogen and oxygen atoms in total.